The van der Waals surface area contributed by atoms with Gasteiger partial charge in [-0.1, -0.05) is 59.8 Å². The number of fused-ring (bicyclic) bond motifs is 3. The summed E-state index contributed by atoms with van der Waals surface area (Å²) in [5.41, 5.74) is 4.61. The van der Waals surface area contributed by atoms with Crippen LogP contribution in [0.2, 0.25) is 0 Å². The molecule has 0 saturated carbocycles. The summed E-state index contributed by atoms with van der Waals surface area (Å²) in [7, 11) is -3.91. The van der Waals surface area contributed by atoms with Gasteiger partial charge in [-0.2, -0.15) is 0 Å². The van der Waals surface area contributed by atoms with E-state index in [2.05, 4.69) is 15.3 Å². The summed E-state index contributed by atoms with van der Waals surface area (Å²) < 4.78 is 41.9. The van der Waals surface area contributed by atoms with E-state index in [9.17, 15) is 17.6 Å². The van der Waals surface area contributed by atoms with Crippen molar-refractivity contribution in [2.75, 3.05) is 15.4 Å². The van der Waals surface area contributed by atoms with Crippen LogP contribution in [0.15, 0.2) is 83.0 Å². The number of para-hydroxylation sites is 1. The van der Waals surface area contributed by atoms with Gasteiger partial charge >= 0.3 is 0 Å². The van der Waals surface area contributed by atoms with E-state index >= 15 is 0 Å². The number of nitrogens with zero attached hydrogens (tertiary/aromatic N) is 3. The van der Waals surface area contributed by atoms with E-state index < -0.39 is 10.0 Å². The van der Waals surface area contributed by atoms with Gasteiger partial charge in [-0.3, -0.25) is 9.10 Å². The molecule has 7 nitrogen and oxygen atoms in total. The van der Waals surface area contributed by atoms with Crippen molar-refractivity contribution in [2.24, 2.45) is 0 Å². The molecule has 1 N–H and O–H groups in total. The van der Waals surface area contributed by atoms with Crippen LogP contribution in [0.3, 0.4) is 0 Å². The minimum absolute atomic E-state index is 0.00352. The molecule has 4 aromatic rings. The fraction of sp³-hybridized carbons (Fsp3) is 0.148. The molecule has 1 aromatic heterocycles. The van der Waals surface area contributed by atoms with E-state index in [1.165, 1.54) is 28.7 Å². The van der Waals surface area contributed by atoms with Crippen LogP contribution in [0.5, 0.6) is 0 Å². The number of benzene rings is 3. The molecule has 0 atom stereocenters. The summed E-state index contributed by atoms with van der Waals surface area (Å²) in [6.07, 6.45) is 1.31. The Bertz CT molecular complexity index is 1610. The van der Waals surface area contributed by atoms with Crippen LogP contribution in [0, 0.1) is 19.7 Å². The molecule has 1 aliphatic rings. The highest BCUT2D eigenvalue weighted by Gasteiger charge is 2.36. The number of hydrogen-bond acceptors (Lipinski definition) is 6. The molecule has 0 spiro atoms. The second-order valence-corrected chi connectivity index (χ2v) is 11.4. The fourth-order valence-corrected chi connectivity index (χ4v) is 6.23. The highest BCUT2D eigenvalue weighted by Crippen LogP contribution is 2.42. The van der Waals surface area contributed by atoms with Gasteiger partial charge in [0.15, 0.2) is 5.16 Å². The summed E-state index contributed by atoms with van der Waals surface area (Å²) in [6.45, 7) is 3.87. The molecular weight excluding hydrogens is 511 g/mol. The van der Waals surface area contributed by atoms with E-state index in [0.29, 0.717) is 28.2 Å². The maximum atomic E-state index is 13.6. The van der Waals surface area contributed by atoms with Crippen molar-refractivity contribution in [3.63, 3.8) is 0 Å². The number of carbonyl (C=O) groups excluding carboxylic acids is 1. The van der Waals surface area contributed by atoms with Crippen molar-refractivity contribution < 1.29 is 17.6 Å². The van der Waals surface area contributed by atoms with Gasteiger partial charge in [0.1, 0.15) is 10.7 Å². The van der Waals surface area contributed by atoms with Crippen molar-refractivity contribution in [1.82, 2.24) is 9.97 Å². The molecule has 1 aliphatic heterocycles. The SMILES string of the molecule is Cc1ccc(CN2c3ccccc3-c3nc(SCC(=O)Nc4ccc(F)cc4C)ncc3S2(=O)=O)cc1. The number of rotatable bonds is 6. The van der Waals surface area contributed by atoms with Gasteiger partial charge in [0, 0.05) is 11.3 Å². The Morgan fingerprint density at radius 3 is 2.57 bits per heavy atom. The summed E-state index contributed by atoms with van der Waals surface area (Å²) in [4.78, 5) is 21.3. The highest BCUT2D eigenvalue weighted by atomic mass is 32.2. The molecule has 0 fully saturated rings. The number of aryl methyl sites for hydroxylation is 2. The second kappa shape index (κ2) is 9.95. The van der Waals surface area contributed by atoms with Gasteiger partial charge in [-0.05, 0) is 49.2 Å². The lowest BCUT2D eigenvalue weighted by atomic mass is 10.1. The lowest BCUT2D eigenvalue weighted by Crippen LogP contribution is -2.34. The predicted octanol–water partition coefficient (Wildman–Crippen LogP) is 5.34. The van der Waals surface area contributed by atoms with Gasteiger partial charge in [-0.15, -0.1) is 0 Å². The first-order valence-electron chi connectivity index (χ1n) is 11.5. The molecule has 2 heterocycles. The highest BCUT2D eigenvalue weighted by molar-refractivity contribution is 7.99. The molecule has 0 unspecified atom stereocenters. The molecule has 0 saturated heterocycles. The van der Waals surface area contributed by atoms with Crippen LogP contribution >= 0.6 is 11.8 Å². The largest absolute Gasteiger partial charge is 0.325 e. The Hall–Kier alpha value is -3.76. The van der Waals surface area contributed by atoms with Gasteiger partial charge in [0.25, 0.3) is 10.0 Å². The van der Waals surface area contributed by atoms with Crippen molar-refractivity contribution in [3.8, 4) is 11.3 Å². The van der Waals surface area contributed by atoms with Gasteiger partial charge in [0.2, 0.25) is 5.91 Å². The Labute approximate surface area is 218 Å². The number of halogens is 1. The van der Waals surface area contributed by atoms with E-state index in [1.807, 2.05) is 43.3 Å². The monoisotopic (exact) mass is 534 g/mol. The van der Waals surface area contributed by atoms with Crippen molar-refractivity contribution in [1.29, 1.82) is 0 Å². The van der Waals surface area contributed by atoms with E-state index in [0.717, 1.165) is 22.9 Å². The lowest BCUT2D eigenvalue weighted by Gasteiger charge is -2.31. The summed E-state index contributed by atoms with van der Waals surface area (Å²) in [5, 5.41) is 3.03. The van der Waals surface area contributed by atoms with Crippen LogP contribution in [-0.4, -0.2) is 30.0 Å². The zero-order valence-electron chi connectivity index (χ0n) is 20.1. The number of hydrogen-bond donors (Lipinski definition) is 1. The second-order valence-electron chi connectivity index (χ2n) is 8.68. The molecule has 0 bridgehead atoms. The molecule has 0 aliphatic carbocycles. The van der Waals surface area contributed by atoms with Gasteiger partial charge in [-0.25, -0.2) is 22.8 Å². The number of amides is 1. The molecule has 188 valence electrons. The first kappa shape index (κ1) is 24.9. The summed E-state index contributed by atoms with van der Waals surface area (Å²) in [5.74, 6) is -0.679. The zero-order chi connectivity index (χ0) is 26.2. The third-order valence-electron chi connectivity index (χ3n) is 5.97. The third kappa shape index (κ3) is 5.07. The molecule has 10 heteroatoms. The standard InChI is InChI=1S/C27H23FN4O3S2/c1-17-7-9-19(10-8-17)15-32-23-6-4-3-5-21(23)26-24(37(32,34)35)14-29-27(31-26)36-16-25(33)30-22-12-11-20(28)13-18(22)2/h3-14H,15-16H2,1-2H3,(H,30,33). The maximum Gasteiger partial charge on any atom is 0.268 e. The maximum absolute atomic E-state index is 13.6. The van der Waals surface area contributed by atoms with Crippen LogP contribution in [0.1, 0.15) is 16.7 Å². The number of nitrogens with one attached hydrogen (secondary N) is 1. The average Bonchev–Trinajstić information content (AvgIpc) is 2.88. The molecule has 37 heavy (non-hydrogen) atoms. The summed E-state index contributed by atoms with van der Waals surface area (Å²) in [6, 6.07) is 19.1. The predicted molar refractivity (Wildman–Crippen MR) is 143 cm³/mol. The first-order valence-corrected chi connectivity index (χ1v) is 13.9. The van der Waals surface area contributed by atoms with Crippen LogP contribution in [-0.2, 0) is 21.4 Å². The van der Waals surface area contributed by atoms with Gasteiger partial charge < -0.3 is 5.32 Å². The smallest absolute Gasteiger partial charge is 0.268 e. The fourth-order valence-electron chi connectivity index (χ4n) is 4.06. The summed E-state index contributed by atoms with van der Waals surface area (Å²) >= 11 is 1.09. The number of carbonyl (C=O) groups is 1. The topological polar surface area (TPSA) is 92.3 Å². The van der Waals surface area contributed by atoms with Crippen molar-refractivity contribution in [2.45, 2.75) is 30.4 Å². The van der Waals surface area contributed by atoms with E-state index in [1.54, 1.807) is 19.1 Å². The van der Waals surface area contributed by atoms with Crippen LogP contribution in [0.4, 0.5) is 15.8 Å². The quantitative estimate of drug-likeness (QED) is 0.265. The van der Waals surface area contributed by atoms with E-state index in [-0.39, 0.29) is 34.1 Å². The number of thioether (sulfide) groups is 1. The molecule has 5 rings (SSSR count). The van der Waals surface area contributed by atoms with Crippen LogP contribution < -0.4 is 9.62 Å². The molecule has 0 radical (unpaired) electrons. The zero-order valence-corrected chi connectivity index (χ0v) is 21.7. The van der Waals surface area contributed by atoms with Gasteiger partial charge in [0.05, 0.1) is 29.9 Å². The third-order valence-corrected chi connectivity index (χ3v) is 8.59. The molecule has 1 amide bonds. The Kier molecular flexibility index (Phi) is 6.70. The number of sulfonamides is 1. The Morgan fingerprint density at radius 1 is 1.05 bits per heavy atom. The van der Waals surface area contributed by atoms with Crippen LogP contribution in [0.25, 0.3) is 11.3 Å². The lowest BCUT2D eigenvalue weighted by molar-refractivity contribution is -0.113. The minimum atomic E-state index is -3.91. The van der Waals surface area contributed by atoms with Crippen molar-refractivity contribution in [3.05, 3.63) is 95.4 Å². The normalized spacial score (nSPS) is 13.5. The van der Waals surface area contributed by atoms with Crippen molar-refractivity contribution >= 4 is 39.1 Å². The number of aromatic nitrogens is 2. The molecule has 3 aromatic carbocycles. The minimum Gasteiger partial charge on any atom is -0.325 e. The average molecular weight is 535 g/mol. The van der Waals surface area contributed by atoms with E-state index in [4.69, 9.17) is 0 Å². The number of anilines is 2. The Morgan fingerprint density at radius 2 is 1.81 bits per heavy atom. The Balaban J connectivity index is 1.40. The molecular formula is C27H23FN4O3S2. The first-order chi connectivity index (χ1) is 17.7.